The van der Waals surface area contributed by atoms with Crippen molar-refractivity contribution in [1.82, 2.24) is 9.80 Å². The van der Waals surface area contributed by atoms with Gasteiger partial charge in [0.2, 0.25) is 5.91 Å². The molecule has 2 saturated carbocycles. The topological polar surface area (TPSA) is 86.4 Å². The van der Waals surface area contributed by atoms with Crippen LogP contribution >= 0.6 is 0 Å². The Kier molecular flexibility index (Phi) is 4.53. The summed E-state index contributed by atoms with van der Waals surface area (Å²) in [5, 5.41) is 23.3. The zero-order valence-electron chi connectivity index (χ0n) is 20.0. The van der Waals surface area contributed by atoms with Crippen molar-refractivity contribution >= 4 is 12.0 Å². The molecule has 1 aromatic carbocycles. The molecule has 1 saturated heterocycles. The number of aromatic hydroxyl groups is 1. The summed E-state index contributed by atoms with van der Waals surface area (Å²) in [6, 6.07) is 5.38. The van der Waals surface area contributed by atoms with Crippen molar-refractivity contribution < 1.29 is 24.2 Å². The number of carbonyl (C=O) groups is 1. The van der Waals surface area contributed by atoms with E-state index >= 15 is 0 Å². The molecule has 5 aliphatic rings. The fourth-order valence-electron chi connectivity index (χ4n) is 7.67. The highest BCUT2D eigenvalue weighted by Gasteiger charge is 2.73. The predicted molar refractivity (Wildman–Crippen MR) is 129 cm³/mol. The van der Waals surface area contributed by atoms with E-state index in [1.54, 1.807) is 35.6 Å². The number of piperidine rings is 1. The first kappa shape index (κ1) is 21.5. The van der Waals surface area contributed by atoms with Crippen molar-refractivity contribution in [2.45, 2.75) is 67.7 Å². The second-order valence-electron chi connectivity index (χ2n) is 11.2. The molecular weight excluding hydrogens is 444 g/mol. The van der Waals surface area contributed by atoms with Gasteiger partial charge in [-0.3, -0.25) is 9.69 Å². The number of carbonyl (C=O) groups excluding carboxylic acids is 1. The van der Waals surface area contributed by atoms with E-state index in [1.807, 2.05) is 19.2 Å². The van der Waals surface area contributed by atoms with E-state index in [0.717, 1.165) is 43.0 Å². The lowest BCUT2D eigenvalue weighted by molar-refractivity contribution is -0.200. The summed E-state index contributed by atoms with van der Waals surface area (Å²) in [5.41, 5.74) is 1.44. The van der Waals surface area contributed by atoms with Crippen LogP contribution in [0.25, 0.3) is 6.08 Å². The van der Waals surface area contributed by atoms with E-state index in [0.29, 0.717) is 18.6 Å². The molecule has 184 valence electrons. The fraction of sp³-hybridized carbons (Fsp3) is 0.536. The minimum Gasteiger partial charge on any atom is -0.504 e. The molecule has 7 rings (SSSR count). The van der Waals surface area contributed by atoms with Gasteiger partial charge in [0.1, 0.15) is 6.10 Å². The first-order valence-electron chi connectivity index (χ1n) is 12.9. The lowest BCUT2D eigenvalue weighted by Gasteiger charge is -2.64. The van der Waals surface area contributed by atoms with Gasteiger partial charge in [0.25, 0.3) is 0 Å². The maximum Gasteiger partial charge on any atom is 0.246 e. The minimum atomic E-state index is -0.941. The number of nitrogens with zero attached hydrogens (tertiary/aromatic N) is 2. The van der Waals surface area contributed by atoms with Crippen molar-refractivity contribution in [3.05, 3.63) is 53.5 Å². The van der Waals surface area contributed by atoms with Crippen LogP contribution < -0.4 is 4.74 Å². The molecule has 2 bridgehead atoms. The third-order valence-electron chi connectivity index (χ3n) is 9.54. The number of furan rings is 1. The molecule has 35 heavy (non-hydrogen) atoms. The van der Waals surface area contributed by atoms with Crippen molar-refractivity contribution in [3.8, 4) is 11.5 Å². The quantitative estimate of drug-likeness (QED) is 0.645. The Morgan fingerprint density at radius 3 is 2.89 bits per heavy atom. The molecule has 3 heterocycles. The number of amides is 1. The summed E-state index contributed by atoms with van der Waals surface area (Å²) in [7, 11) is 1.82. The Bertz CT molecular complexity index is 1200. The molecule has 3 fully saturated rings. The lowest BCUT2D eigenvalue weighted by atomic mass is 9.48. The summed E-state index contributed by atoms with van der Waals surface area (Å²) in [4.78, 5) is 17.5. The average molecular weight is 477 g/mol. The van der Waals surface area contributed by atoms with Crippen LogP contribution in [0.4, 0.5) is 0 Å². The number of phenolic OH excluding ortho intramolecular Hbond substituents is 1. The summed E-state index contributed by atoms with van der Waals surface area (Å²) >= 11 is 0. The molecule has 5 atom stereocenters. The van der Waals surface area contributed by atoms with Crippen LogP contribution in [0.5, 0.6) is 11.5 Å². The SMILES string of the molecule is CN(C(=O)C=Cc1ccoc1)[C@H]1CC[C@]2(O)C3Cc4ccc(O)c5c4[C@]2(CCN3CC2CC2)[C@@H]1O5. The maximum absolute atomic E-state index is 13.2. The Morgan fingerprint density at radius 1 is 1.26 bits per heavy atom. The molecule has 1 spiro atoms. The average Bonchev–Trinajstić information content (AvgIpc) is 3.36. The summed E-state index contributed by atoms with van der Waals surface area (Å²) in [6.45, 7) is 1.96. The highest BCUT2D eigenvalue weighted by Crippen LogP contribution is 2.66. The maximum atomic E-state index is 13.2. The van der Waals surface area contributed by atoms with Gasteiger partial charge in [0, 0.05) is 36.8 Å². The zero-order valence-corrected chi connectivity index (χ0v) is 20.0. The molecule has 2 aromatic rings. The van der Waals surface area contributed by atoms with Crippen molar-refractivity contribution in [3.63, 3.8) is 0 Å². The first-order chi connectivity index (χ1) is 16.9. The molecule has 2 N–H and O–H groups in total. The van der Waals surface area contributed by atoms with Crippen molar-refractivity contribution in [2.75, 3.05) is 20.1 Å². The lowest BCUT2D eigenvalue weighted by Crippen LogP contribution is -2.78. The van der Waals surface area contributed by atoms with Gasteiger partial charge in [0.05, 0.1) is 29.6 Å². The molecule has 1 aromatic heterocycles. The minimum absolute atomic E-state index is 0.0360. The number of hydrogen-bond acceptors (Lipinski definition) is 6. The first-order valence-corrected chi connectivity index (χ1v) is 12.9. The number of likely N-dealkylation sites (tertiary alicyclic amines) is 1. The number of ether oxygens (including phenoxy) is 1. The van der Waals surface area contributed by atoms with Crippen LogP contribution in [0.15, 0.2) is 41.2 Å². The Hall–Kier alpha value is -2.77. The van der Waals surface area contributed by atoms with Gasteiger partial charge < -0.3 is 24.3 Å². The van der Waals surface area contributed by atoms with Crippen LogP contribution in [0.1, 0.15) is 48.8 Å². The molecule has 1 unspecified atom stereocenters. The molecule has 3 aliphatic carbocycles. The van der Waals surface area contributed by atoms with Gasteiger partial charge in [-0.2, -0.15) is 0 Å². The number of likely N-dealkylation sites (N-methyl/N-ethyl adjacent to an activating group) is 1. The number of rotatable bonds is 5. The van der Waals surface area contributed by atoms with E-state index in [2.05, 4.69) is 4.90 Å². The van der Waals surface area contributed by atoms with E-state index in [9.17, 15) is 15.0 Å². The standard InChI is InChI=1S/C28H32N2O5/c1-29(23(32)7-4-18-9-13-34-16-18)20-8-10-28(33)22-14-19-5-6-21(31)25-24(19)27(28,26(20)35-25)11-12-30(22)15-17-2-3-17/h4-7,9,13,16-17,20,22,26,31,33H,2-3,8,10-12,14-15H2,1H3/t20-,22?,26+,27+,28-/m0/s1. The van der Waals surface area contributed by atoms with Crippen LogP contribution in [0.2, 0.25) is 0 Å². The van der Waals surface area contributed by atoms with Gasteiger partial charge in [-0.05, 0) is 74.8 Å². The molecule has 0 radical (unpaired) electrons. The van der Waals surface area contributed by atoms with Gasteiger partial charge in [0.15, 0.2) is 11.5 Å². The number of phenols is 1. The summed E-state index contributed by atoms with van der Waals surface area (Å²) in [5.74, 6) is 1.28. The zero-order chi connectivity index (χ0) is 23.9. The molecule has 2 aliphatic heterocycles. The number of aliphatic hydroxyl groups is 1. The number of hydrogen-bond donors (Lipinski definition) is 2. The van der Waals surface area contributed by atoms with Gasteiger partial charge in [-0.15, -0.1) is 0 Å². The molecule has 7 nitrogen and oxygen atoms in total. The van der Waals surface area contributed by atoms with Crippen molar-refractivity contribution in [1.29, 1.82) is 0 Å². The van der Waals surface area contributed by atoms with E-state index in [1.165, 1.54) is 18.4 Å². The van der Waals surface area contributed by atoms with Crippen molar-refractivity contribution in [2.24, 2.45) is 5.92 Å². The monoisotopic (exact) mass is 476 g/mol. The van der Waals surface area contributed by atoms with Crippen LogP contribution in [0.3, 0.4) is 0 Å². The fourth-order valence-corrected chi connectivity index (χ4v) is 7.67. The highest BCUT2D eigenvalue weighted by atomic mass is 16.5. The number of benzene rings is 1. The largest absolute Gasteiger partial charge is 0.504 e. The third kappa shape index (κ3) is 2.88. The second-order valence-corrected chi connectivity index (χ2v) is 11.2. The summed E-state index contributed by atoms with van der Waals surface area (Å²) < 4.78 is 11.7. The molecule has 7 heteroatoms. The molecular formula is C28H32N2O5. The predicted octanol–water partition coefficient (Wildman–Crippen LogP) is 3.09. The van der Waals surface area contributed by atoms with Gasteiger partial charge in [-0.1, -0.05) is 6.07 Å². The van der Waals surface area contributed by atoms with Gasteiger partial charge in [-0.25, -0.2) is 0 Å². The van der Waals surface area contributed by atoms with E-state index in [4.69, 9.17) is 9.15 Å². The van der Waals surface area contributed by atoms with Crippen LogP contribution in [-0.4, -0.2) is 69.8 Å². The highest BCUT2D eigenvalue weighted by molar-refractivity contribution is 5.91. The van der Waals surface area contributed by atoms with E-state index in [-0.39, 0.29) is 23.7 Å². The Balaban J connectivity index is 1.28. The second kappa shape index (κ2) is 7.37. The molecule has 1 amide bonds. The Morgan fingerprint density at radius 2 is 2.11 bits per heavy atom. The normalized spacial score (nSPS) is 35.1. The summed E-state index contributed by atoms with van der Waals surface area (Å²) in [6.07, 6.45) is 11.5. The third-order valence-corrected chi connectivity index (χ3v) is 9.54. The smallest absolute Gasteiger partial charge is 0.246 e. The Labute approximate surface area is 205 Å². The van der Waals surface area contributed by atoms with E-state index < -0.39 is 17.1 Å². The van der Waals surface area contributed by atoms with Gasteiger partial charge >= 0.3 is 0 Å². The van der Waals surface area contributed by atoms with Crippen LogP contribution in [-0.2, 0) is 16.6 Å². The van der Waals surface area contributed by atoms with Crippen LogP contribution in [0, 0.1) is 5.92 Å².